The lowest BCUT2D eigenvalue weighted by atomic mass is 10.0. The molecule has 0 saturated carbocycles. The summed E-state index contributed by atoms with van der Waals surface area (Å²) < 4.78 is 11.7. The molecule has 71 heavy (non-hydrogen) atoms. The van der Waals surface area contributed by atoms with Gasteiger partial charge in [-0.2, -0.15) is 0 Å². The highest BCUT2D eigenvalue weighted by Crippen LogP contribution is 2.49. The lowest BCUT2D eigenvalue weighted by Crippen LogP contribution is -2.12. The Morgan fingerprint density at radius 1 is 0.268 bits per heavy atom. The van der Waals surface area contributed by atoms with Crippen molar-refractivity contribution in [3.8, 4) is 11.1 Å². The zero-order chi connectivity index (χ0) is 46.3. The highest BCUT2D eigenvalue weighted by molar-refractivity contribution is 6.26. The van der Waals surface area contributed by atoms with Gasteiger partial charge in [0.1, 0.15) is 5.58 Å². The average Bonchev–Trinajstić information content (AvgIpc) is 4.24. The van der Waals surface area contributed by atoms with E-state index < -0.39 is 0 Å². The maximum atomic E-state index is 6.75. The Morgan fingerprint density at radius 2 is 0.648 bits per heavy atom. The normalized spacial score (nSPS) is 12.2. The Kier molecular flexibility index (Phi) is 7.82. The third-order valence-corrected chi connectivity index (χ3v) is 15.1. The number of fused-ring (bicyclic) bond motifs is 15. The number of furan rings is 1. The summed E-state index contributed by atoms with van der Waals surface area (Å²) in [6.07, 6.45) is 0. The number of anilines is 6. The molecule has 330 valence electrons. The maximum Gasteiger partial charge on any atom is 0.159 e. The van der Waals surface area contributed by atoms with E-state index in [2.05, 4.69) is 255 Å². The minimum Gasteiger partial charge on any atom is -0.454 e. The molecule has 0 spiro atoms. The van der Waals surface area contributed by atoms with Crippen LogP contribution in [0.25, 0.3) is 109 Å². The lowest BCUT2D eigenvalue weighted by Gasteiger charge is -2.29. The first-order valence-corrected chi connectivity index (χ1v) is 24.3. The first-order valence-electron chi connectivity index (χ1n) is 24.3. The Bertz CT molecular complexity index is 4400. The van der Waals surface area contributed by atoms with Gasteiger partial charge in [-0.1, -0.05) is 146 Å². The fraction of sp³-hybridized carbons (Fsp3) is 0. The van der Waals surface area contributed by atoms with Crippen LogP contribution in [0.3, 0.4) is 0 Å². The summed E-state index contributed by atoms with van der Waals surface area (Å²) in [5.74, 6) is 0. The molecule has 5 heteroatoms. The Balaban J connectivity index is 0.945. The fourth-order valence-electron chi connectivity index (χ4n) is 12.1. The molecular weight excluding hydrogens is 865 g/mol. The van der Waals surface area contributed by atoms with Gasteiger partial charge in [0.2, 0.25) is 0 Å². The van der Waals surface area contributed by atoms with E-state index in [9.17, 15) is 0 Å². The van der Waals surface area contributed by atoms with Crippen LogP contribution in [0.4, 0.5) is 34.1 Å². The molecular formula is C66H40N4O. The van der Waals surface area contributed by atoms with Crippen molar-refractivity contribution in [3.63, 3.8) is 0 Å². The zero-order valence-corrected chi connectivity index (χ0v) is 38.3. The van der Waals surface area contributed by atoms with Gasteiger partial charge in [0.25, 0.3) is 0 Å². The van der Waals surface area contributed by atoms with Crippen molar-refractivity contribution in [3.05, 3.63) is 243 Å². The summed E-state index contributed by atoms with van der Waals surface area (Å²) in [5.41, 5.74) is 17.7. The average molecular weight is 905 g/mol. The quantitative estimate of drug-likeness (QED) is 0.160. The van der Waals surface area contributed by atoms with Crippen molar-refractivity contribution < 1.29 is 4.42 Å². The molecule has 5 heterocycles. The molecule has 0 radical (unpaired) electrons. The van der Waals surface area contributed by atoms with Crippen molar-refractivity contribution >= 4 is 132 Å². The number of hydrogen-bond donors (Lipinski definition) is 0. The SMILES string of the molecule is c1ccc(-c2ccc(N(c3ccc(N(c4cc5c6ccccc6n6c7ccccc7c(c4)c56)c4cc5c6ccccc6n6c7ccccc7c(c4)c56)cc3)c3cccc4c3oc3ccccc34)cc2)cc1. The molecule has 0 atom stereocenters. The molecule has 0 fully saturated rings. The van der Waals surface area contributed by atoms with Crippen LogP contribution >= 0.6 is 0 Å². The van der Waals surface area contributed by atoms with Gasteiger partial charge in [0.15, 0.2) is 5.58 Å². The van der Waals surface area contributed by atoms with E-state index in [4.69, 9.17) is 4.42 Å². The Morgan fingerprint density at radius 3 is 1.14 bits per heavy atom. The first-order chi connectivity index (χ1) is 35.2. The van der Waals surface area contributed by atoms with Gasteiger partial charge in [-0.15, -0.1) is 0 Å². The van der Waals surface area contributed by atoms with Crippen molar-refractivity contribution in [2.24, 2.45) is 0 Å². The van der Waals surface area contributed by atoms with E-state index >= 15 is 0 Å². The van der Waals surface area contributed by atoms with Crippen LogP contribution < -0.4 is 9.80 Å². The first kappa shape index (κ1) is 38.4. The summed E-state index contributed by atoms with van der Waals surface area (Å²) in [6.45, 7) is 0. The van der Waals surface area contributed by atoms with Gasteiger partial charge < -0.3 is 23.0 Å². The fourth-order valence-corrected chi connectivity index (χ4v) is 12.1. The van der Waals surface area contributed by atoms with Crippen molar-refractivity contribution in [2.45, 2.75) is 0 Å². The summed E-state index contributed by atoms with van der Waals surface area (Å²) in [4.78, 5) is 4.82. The standard InChI is InChI=1S/C66H40N4O/c1-2-15-41(16-3-1)42-29-31-44(32-30-42)68(62-27-14-22-53-52-21-8-13-28-63(52)71-66(53)62)45-35-33-43(34-36-45)67(46-37-54-48-17-4-9-23-58(48)69-59-24-10-5-18-49(59)55(38-46)64(54)69)47-39-56-50-19-6-11-25-60(50)70-61-26-12-7-20-51(61)57(40-47)65(56)70/h1-40H. The molecule has 16 rings (SSSR count). The van der Waals surface area contributed by atoms with Crippen LogP contribution in [-0.4, -0.2) is 8.80 Å². The molecule has 0 aliphatic carbocycles. The largest absolute Gasteiger partial charge is 0.454 e. The lowest BCUT2D eigenvalue weighted by molar-refractivity contribution is 0.669. The minimum absolute atomic E-state index is 0.850. The van der Waals surface area contributed by atoms with E-state index in [1.165, 1.54) is 87.3 Å². The number of para-hydroxylation sites is 6. The van der Waals surface area contributed by atoms with Crippen LogP contribution in [0.5, 0.6) is 0 Å². The molecule has 0 saturated heterocycles. The van der Waals surface area contributed by atoms with Gasteiger partial charge in [-0.3, -0.25) is 0 Å². The van der Waals surface area contributed by atoms with Crippen molar-refractivity contribution in [1.82, 2.24) is 8.80 Å². The van der Waals surface area contributed by atoms with Crippen molar-refractivity contribution in [2.75, 3.05) is 9.80 Å². The molecule has 11 aromatic carbocycles. The Labute approximate surface area is 407 Å². The molecule has 0 bridgehead atoms. The number of benzene rings is 11. The predicted molar refractivity (Wildman–Crippen MR) is 298 cm³/mol. The summed E-state index contributed by atoms with van der Waals surface area (Å²) >= 11 is 0. The molecule has 5 nitrogen and oxygen atoms in total. The third kappa shape index (κ3) is 5.40. The van der Waals surface area contributed by atoms with Gasteiger partial charge in [0, 0.05) is 82.3 Å². The van der Waals surface area contributed by atoms with E-state index in [-0.39, 0.29) is 0 Å². The second kappa shape index (κ2) is 14.5. The van der Waals surface area contributed by atoms with Gasteiger partial charge >= 0.3 is 0 Å². The molecule has 0 aliphatic rings. The molecule has 0 aliphatic heterocycles. The second-order valence-corrected chi connectivity index (χ2v) is 18.9. The molecule has 16 aromatic rings. The molecule has 0 N–H and O–H groups in total. The van der Waals surface area contributed by atoms with Crippen LogP contribution in [0.2, 0.25) is 0 Å². The van der Waals surface area contributed by atoms with Crippen molar-refractivity contribution in [1.29, 1.82) is 0 Å². The van der Waals surface area contributed by atoms with E-state index in [1.807, 2.05) is 6.07 Å². The minimum atomic E-state index is 0.850. The number of rotatable bonds is 7. The molecule has 0 unspecified atom stereocenters. The van der Waals surface area contributed by atoms with Crippen LogP contribution in [0.15, 0.2) is 247 Å². The molecule has 5 aromatic heterocycles. The van der Waals surface area contributed by atoms with E-state index in [0.717, 1.165) is 56.1 Å². The number of hydrogen-bond acceptors (Lipinski definition) is 3. The van der Waals surface area contributed by atoms with Gasteiger partial charge in [-0.25, -0.2) is 0 Å². The topological polar surface area (TPSA) is 28.4 Å². The Hall–Kier alpha value is -9.58. The summed E-state index contributed by atoms with van der Waals surface area (Å²) in [7, 11) is 0. The van der Waals surface area contributed by atoms with Crippen LogP contribution in [0.1, 0.15) is 0 Å². The second-order valence-electron chi connectivity index (χ2n) is 18.9. The third-order valence-electron chi connectivity index (χ3n) is 15.1. The van der Waals surface area contributed by atoms with Gasteiger partial charge in [0.05, 0.1) is 38.8 Å². The van der Waals surface area contributed by atoms with Crippen LogP contribution in [0, 0.1) is 0 Å². The zero-order valence-electron chi connectivity index (χ0n) is 38.3. The highest BCUT2D eigenvalue weighted by Gasteiger charge is 2.26. The number of nitrogens with zero attached hydrogens (tertiary/aromatic N) is 4. The maximum absolute atomic E-state index is 6.75. The van der Waals surface area contributed by atoms with E-state index in [1.54, 1.807) is 0 Å². The summed E-state index contributed by atoms with van der Waals surface area (Å²) in [5, 5.41) is 12.1. The highest BCUT2D eigenvalue weighted by atomic mass is 16.3. The summed E-state index contributed by atoms with van der Waals surface area (Å²) in [6, 6.07) is 88.5. The predicted octanol–water partition coefficient (Wildman–Crippen LogP) is 18.5. The molecule has 0 amide bonds. The monoisotopic (exact) mass is 904 g/mol. The van der Waals surface area contributed by atoms with Crippen LogP contribution in [-0.2, 0) is 0 Å². The smallest absolute Gasteiger partial charge is 0.159 e. The number of aromatic nitrogens is 2. The van der Waals surface area contributed by atoms with Gasteiger partial charge in [-0.05, 0) is 108 Å². The van der Waals surface area contributed by atoms with E-state index in [0.29, 0.717) is 0 Å².